The Morgan fingerprint density at radius 1 is 1.05 bits per heavy atom. The summed E-state index contributed by atoms with van der Waals surface area (Å²) in [7, 11) is 0.198. The minimum absolute atomic E-state index is 0.186. The molecule has 1 N–H and O–H groups in total. The molecule has 2 aromatic heterocycles. The minimum atomic E-state index is -1.42. The second-order valence-electron chi connectivity index (χ2n) is 10.4. The summed E-state index contributed by atoms with van der Waals surface area (Å²) in [5.41, 5.74) is 1.41. The molecular weight excluding hydrogens is 585 g/mol. The van der Waals surface area contributed by atoms with E-state index in [1.807, 2.05) is 13.0 Å². The lowest BCUT2D eigenvalue weighted by molar-refractivity contribution is -0.109. The van der Waals surface area contributed by atoms with Crippen molar-refractivity contribution in [3.8, 4) is 0 Å². The Bertz CT molecular complexity index is 1310. The zero-order chi connectivity index (χ0) is 31.9. The van der Waals surface area contributed by atoms with Crippen LogP contribution in [0.2, 0.25) is 0 Å². The molecule has 1 amide bonds. The standard InChI is InChI=1S/C30H44N7O6P/c1-8-25(18-42-44(41-15-14-31-6)37(22(2)3)23(4)5)43-26(19-40-17-16-39-7)36-21-34-27-28(32-20-33-29(27)36)35-30(38)24-12-10-9-11-13-24/h9-13,20-23,25-26H,8,14-19H2,1-5,7H3,(H,32,33,35,38)/t25-,26-,44?/m1/s1. The van der Waals surface area contributed by atoms with E-state index in [-0.39, 0.29) is 43.9 Å². The van der Waals surface area contributed by atoms with Crippen LogP contribution in [0.4, 0.5) is 5.82 Å². The fourth-order valence-electron chi connectivity index (χ4n) is 4.37. The van der Waals surface area contributed by atoms with E-state index in [1.54, 1.807) is 42.3 Å². The van der Waals surface area contributed by atoms with Crippen LogP contribution in [0.25, 0.3) is 16.0 Å². The van der Waals surface area contributed by atoms with Gasteiger partial charge in [-0.1, -0.05) is 25.1 Å². The Hall–Kier alpha value is -3.08. The van der Waals surface area contributed by atoms with Gasteiger partial charge in [0.2, 0.25) is 6.54 Å². The molecular formula is C30H44N7O6P. The number of nitrogens with zero attached hydrogens (tertiary/aromatic N) is 6. The van der Waals surface area contributed by atoms with Crippen molar-refractivity contribution in [2.45, 2.75) is 65.5 Å². The monoisotopic (exact) mass is 629 g/mol. The summed E-state index contributed by atoms with van der Waals surface area (Å²) in [6.07, 6.45) is 2.71. The number of amides is 1. The number of hydrogen-bond donors (Lipinski definition) is 1. The molecule has 0 spiro atoms. The molecule has 0 fully saturated rings. The number of fused-ring (bicyclic) bond motifs is 1. The third kappa shape index (κ3) is 10.2. The quantitative estimate of drug-likeness (QED) is 0.0995. The highest BCUT2D eigenvalue weighted by molar-refractivity contribution is 7.44. The van der Waals surface area contributed by atoms with E-state index in [1.165, 1.54) is 6.33 Å². The zero-order valence-corrected chi connectivity index (χ0v) is 27.3. The van der Waals surface area contributed by atoms with E-state index in [0.29, 0.717) is 48.8 Å². The van der Waals surface area contributed by atoms with E-state index in [4.69, 9.17) is 29.8 Å². The van der Waals surface area contributed by atoms with Crippen LogP contribution in [0.15, 0.2) is 43.0 Å². The molecule has 2 heterocycles. The third-order valence-corrected chi connectivity index (χ3v) is 8.53. The number of carbonyl (C=O) groups excluding carboxylic acids is 1. The zero-order valence-electron chi connectivity index (χ0n) is 26.4. The lowest BCUT2D eigenvalue weighted by atomic mass is 10.2. The average Bonchev–Trinajstić information content (AvgIpc) is 3.45. The Kier molecular flexibility index (Phi) is 15.0. The second-order valence-corrected chi connectivity index (χ2v) is 11.8. The van der Waals surface area contributed by atoms with Gasteiger partial charge in [-0.15, -0.1) is 0 Å². The Balaban J connectivity index is 1.82. The number of carbonyl (C=O) groups is 1. The summed E-state index contributed by atoms with van der Waals surface area (Å²) >= 11 is 0. The van der Waals surface area contributed by atoms with Crippen molar-refractivity contribution in [1.82, 2.24) is 24.2 Å². The van der Waals surface area contributed by atoms with Gasteiger partial charge in [-0.2, -0.15) is 0 Å². The number of hydrogen-bond acceptors (Lipinski definition) is 10. The number of ether oxygens (including phenoxy) is 3. The van der Waals surface area contributed by atoms with Crippen LogP contribution in [0.3, 0.4) is 0 Å². The minimum Gasteiger partial charge on any atom is -0.382 e. The third-order valence-electron chi connectivity index (χ3n) is 6.46. The van der Waals surface area contributed by atoms with Crippen LogP contribution in [0, 0.1) is 6.57 Å². The predicted molar refractivity (Wildman–Crippen MR) is 169 cm³/mol. The molecule has 0 saturated carbocycles. The van der Waals surface area contributed by atoms with Crippen LogP contribution in [0.5, 0.6) is 0 Å². The van der Waals surface area contributed by atoms with Crippen molar-refractivity contribution in [2.24, 2.45) is 0 Å². The Labute approximate surface area is 261 Å². The van der Waals surface area contributed by atoms with Gasteiger partial charge in [0.05, 0.1) is 38.9 Å². The van der Waals surface area contributed by atoms with Gasteiger partial charge in [-0.25, -0.2) is 26.2 Å². The molecule has 0 aliphatic heterocycles. The summed E-state index contributed by atoms with van der Waals surface area (Å²) in [5.74, 6) is -0.00676. The molecule has 3 rings (SSSR count). The molecule has 0 bridgehead atoms. The highest BCUT2D eigenvalue weighted by Gasteiger charge is 2.29. The molecule has 0 aliphatic carbocycles. The maximum Gasteiger partial charge on any atom is 0.259 e. The first-order chi connectivity index (χ1) is 21.3. The van der Waals surface area contributed by atoms with E-state index in [9.17, 15) is 4.79 Å². The molecule has 3 aromatic rings. The van der Waals surface area contributed by atoms with Gasteiger partial charge in [0.1, 0.15) is 12.9 Å². The number of benzene rings is 1. The van der Waals surface area contributed by atoms with Crippen molar-refractivity contribution in [3.63, 3.8) is 0 Å². The largest absolute Gasteiger partial charge is 0.382 e. The first-order valence-corrected chi connectivity index (χ1v) is 15.9. The summed E-state index contributed by atoms with van der Waals surface area (Å²) in [4.78, 5) is 29.5. The molecule has 0 radical (unpaired) electrons. The van der Waals surface area contributed by atoms with Crippen molar-refractivity contribution < 1.29 is 28.1 Å². The highest BCUT2D eigenvalue weighted by atomic mass is 31.2. The van der Waals surface area contributed by atoms with Gasteiger partial charge in [-0.05, 0) is 46.2 Å². The topological polar surface area (TPSA) is 126 Å². The SMILES string of the molecule is [C-]#[N+]CCOP(OC[C@@H](CC)O[C@H](COCCOC)n1cnc2c(NC(=O)c3ccccc3)ncnc21)N(C(C)C)C(C)C. The second kappa shape index (κ2) is 18.7. The van der Waals surface area contributed by atoms with Crippen molar-refractivity contribution >= 4 is 31.4 Å². The normalized spacial score (nSPS) is 13.8. The molecule has 1 unspecified atom stereocenters. The van der Waals surface area contributed by atoms with E-state index < -0.39 is 14.8 Å². The molecule has 0 aliphatic rings. The summed E-state index contributed by atoms with van der Waals surface area (Å²) in [6, 6.07) is 9.26. The number of aromatic nitrogens is 4. The number of nitrogens with one attached hydrogen (secondary N) is 1. The molecule has 44 heavy (non-hydrogen) atoms. The van der Waals surface area contributed by atoms with Gasteiger partial charge >= 0.3 is 0 Å². The smallest absolute Gasteiger partial charge is 0.259 e. The van der Waals surface area contributed by atoms with Crippen molar-refractivity contribution in [1.29, 1.82) is 0 Å². The van der Waals surface area contributed by atoms with Gasteiger partial charge < -0.3 is 33.4 Å². The average molecular weight is 630 g/mol. The Morgan fingerprint density at radius 3 is 2.45 bits per heavy atom. The van der Waals surface area contributed by atoms with Gasteiger partial charge in [0.25, 0.3) is 14.4 Å². The summed E-state index contributed by atoms with van der Waals surface area (Å²) in [5, 5.41) is 2.84. The van der Waals surface area contributed by atoms with E-state index >= 15 is 0 Å². The van der Waals surface area contributed by atoms with Crippen molar-refractivity contribution in [3.05, 3.63) is 60.0 Å². The fraction of sp³-hybridized carbons (Fsp3) is 0.567. The van der Waals surface area contributed by atoms with E-state index in [2.05, 4.69) is 57.5 Å². The van der Waals surface area contributed by atoms with Crippen LogP contribution in [-0.4, -0.2) is 95.0 Å². The maximum absolute atomic E-state index is 12.8. The van der Waals surface area contributed by atoms with Crippen LogP contribution >= 0.6 is 8.53 Å². The number of rotatable bonds is 20. The highest BCUT2D eigenvalue weighted by Crippen LogP contribution is 2.46. The van der Waals surface area contributed by atoms with E-state index in [0.717, 1.165) is 0 Å². The lowest BCUT2D eigenvalue weighted by Crippen LogP contribution is -2.35. The van der Waals surface area contributed by atoms with Crippen molar-refractivity contribution in [2.75, 3.05) is 52.0 Å². The molecule has 0 saturated heterocycles. The predicted octanol–water partition coefficient (Wildman–Crippen LogP) is 5.33. The van der Waals surface area contributed by atoms with Crippen LogP contribution < -0.4 is 5.32 Å². The lowest BCUT2D eigenvalue weighted by Gasteiger charge is -2.36. The number of anilines is 1. The Morgan fingerprint density at radius 2 is 1.80 bits per heavy atom. The first kappa shape index (κ1) is 35.4. The van der Waals surface area contributed by atoms with Gasteiger partial charge in [0.15, 0.2) is 23.2 Å². The molecule has 240 valence electrons. The summed E-state index contributed by atoms with van der Waals surface area (Å²) < 4.78 is 34.0. The summed E-state index contributed by atoms with van der Waals surface area (Å²) in [6.45, 7) is 19.4. The number of imidazole rings is 1. The number of methoxy groups -OCH3 is 1. The molecule has 14 heteroatoms. The molecule has 3 atom stereocenters. The van der Waals surface area contributed by atoms with Crippen LogP contribution in [0.1, 0.15) is 57.6 Å². The first-order valence-electron chi connectivity index (χ1n) is 14.7. The maximum atomic E-state index is 12.8. The molecule has 13 nitrogen and oxygen atoms in total. The fourth-order valence-corrected chi connectivity index (χ4v) is 5.99. The van der Waals surface area contributed by atoms with Gasteiger partial charge in [-0.3, -0.25) is 9.36 Å². The molecule has 1 aromatic carbocycles. The van der Waals surface area contributed by atoms with Gasteiger partial charge in [0, 0.05) is 24.8 Å². The van der Waals surface area contributed by atoms with Crippen LogP contribution in [-0.2, 0) is 23.3 Å².